The van der Waals surface area contributed by atoms with Crippen LogP contribution in [0.2, 0.25) is 0 Å². The molecule has 2 aromatic carbocycles. The lowest BCUT2D eigenvalue weighted by Crippen LogP contribution is -2.50. The quantitative estimate of drug-likeness (QED) is 0.580. The van der Waals surface area contributed by atoms with Gasteiger partial charge in [-0.1, -0.05) is 42.8 Å². The van der Waals surface area contributed by atoms with E-state index in [1.165, 1.54) is 22.3 Å². The van der Waals surface area contributed by atoms with Crippen molar-refractivity contribution in [2.24, 2.45) is 5.92 Å². The number of benzene rings is 2. The number of methoxy groups -OCH3 is 1. The van der Waals surface area contributed by atoms with Crippen LogP contribution >= 0.6 is 0 Å². The van der Waals surface area contributed by atoms with E-state index in [0.717, 1.165) is 64.3 Å². The molecule has 2 aliphatic heterocycles. The number of aryl methyl sites for hydroxylation is 1. The summed E-state index contributed by atoms with van der Waals surface area (Å²) in [6.07, 6.45) is 4.11. The van der Waals surface area contributed by atoms with Crippen LogP contribution < -0.4 is 4.74 Å². The van der Waals surface area contributed by atoms with Gasteiger partial charge in [-0.15, -0.1) is 0 Å². The molecule has 2 heterocycles. The van der Waals surface area contributed by atoms with Crippen molar-refractivity contribution in [3.63, 3.8) is 0 Å². The Morgan fingerprint density at radius 3 is 2.42 bits per heavy atom. The molecule has 2 aromatic rings. The molecule has 0 N–H and O–H groups in total. The molecule has 0 unspecified atom stereocenters. The Bertz CT molecular complexity index is 941. The molecule has 0 radical (unpaired) electrons. The second-order valence-corrected chi connectivity index (χ2v) is 10.1. The molecule has 5 nitrogen and oxygen atoms in total. The van der Waals surface area contributed by atoms with Gasteiger partial charge >= 0.3 is 0 Å². The van der Waals surface area contributed by atoms with Crippen molar-refractivity contribution in [3.05, 3.63) is 64.7 Å². The minimum atomic E-state index is -0.336. The molecule has 1 saturated heterocycles. The van der Waals surface area contributed by atoms with Gasteiger partial charge in [0.25, 0.3) is 0 Å². The molecule has 3 aliphatic rings. The topological polar surface area (TPSA) is 40.2 Å². The van der Waals surface area contributed by atoms with Gasteiger partial charge in [0.2, 0.25) is 0 Å². The molecule has 0 bridgehead atoms. The Labute approximate surface area is 198 Å². The van der Waals surface area contributed by atoms with Gasteiger partial charge in [0, 0.05) is 31.5 Å². The highest BCUT2D eigenvalue weighted by molar-refractivity contribution is 5.41. The molecule has 1 aliphatic carbocycles. The summed E-state index contributed by atoms with van der Waals surface area (Å²) in [5, 5.41) is 0. The van der Waals surface area contributed by atoms with Crippen molar-refractivity contribution < 1.29 is 18.9 Å². The fourth-order valence-electron chi connectivity index (χ4n) is 6.02. The Morgan fingerprint density at radius 2 is 1.73 bits per heavy atom. The third-order valence-electron chi connectivity index (χ3n) is 7.74. The Hall–Kier alpha value is -1.92. The molecule has 178 valence electrons. The zero-order valence-corrected chi connectivity index (χ0v) is 20.3. The molecule has 2 fully saturated rings. The molecule has 0 aromatic heterocycles. The summed E-state index contributed by atoms with van der Waals surface area (Å²) in [5.74, 6) is 0.992. The standard InChI is InChI=1S/C28H37NO4/c1-21-4-9-26-24(16-21)18-29(27(26)10-12-28(13-11-27)32-14-15-33-28)17-22(2)19-31-20-23-5-7-25(30-3)8-6-23/h4-9,16,22H,10-15,17-20H2,1-3H3/t22-/m1/s1. The minimum Gasteiger partial charge on any atom is -0.497 e. The molecule has 5 rings (SSSR count). The van der Waals surface area contributed by atoms with Crippen LogP contribution in [-0.2, 0) is 32.9 Å². The number of fused-ring (bicyclic) bond motifs is 2. The van der Waals surface area contributed by atoms with Crippen molar-refractivity contribution in [3.8, 4) is 5.75 Å². The normalized spacial score (nSPS) is 22.0. The van der Waals surface area contributed by atoms with Crippen molar-refractivity contribution in [1.82, 2.24) is 4.90 Å². The molecule has 2 spiro atoms. The van der Waals surface area contributed by atoms with Gasteiger partial charge in [-0.25, -0.2) is 0 Å². The van der Waals surface area contributed by atoms with Gasteiger partial charge in [-0.05, 0) is 54.5 Å². The highest BCUT2D eigenvalue weighted by Gasteiger charge is 2.52. The van der Waals surface area contributed by atoms with E-state index in [9.17, 15) is 0 Å². The van der Waals surface area contributed by atoms with E-state index in [2.05, 4.69) is 49.1 Å². The predicted octanol–water partition coefficient (Wildman–Crippen LogP) is 5.18. The van der Waals surface area contributed by atoms with Gasteiger partial charge in [-0.3, -0.25) is 4.90 Å². The Kier molecular flexibility index (Phi) is 6.49. The molecule has 1 atom stereocenters. The predicted molar refractivity (Wildman–Crippen MR) is 128 cm³/mol. The zero-order valence-electron chi connectivity index (χ0n) is 20.3. The number of nitrogens with zero attached hydrogens (tertiary/aromatic N) is 1. The summed E-state index contributed by atoms with van der Waals surface area (Å²) in [6, 6.07) is 15.2. The van der Waals surface area contributed by atoms with E-state index < -0.39 is 0 Å². The van der Waals surface area contributed by atoms with Gasteiger partial charge in [0.05, 0.1) is 33.5 Å². The lowest BCUT2D eigenvalue weighted by atomic mass is 9.74. The molecule has 33 heavy (non-hydrogen) atoms. The van der Waals surface area contributed by atoms with E-state index in [1.807, 2.05) is 12.1 Å². The lowest BCUT2D eigenvalue weighted by molar-refractivity contribution is -0.195. The monoisotopic (exact) mass is 451 g/mol. The Morgan fingerprint density at radius 1 is 1.00 bits per heavy atom. The van der Waals surface area contributed by atoms with Crippen LogP contribution in [0.25, 0.3) is 0 Å². The third-order valence-corrected chi connectivity index (χ3v) is 7.74. The number of ether oxygens (including phenoxy) is 4. The summed E-state index contributed by atoms with van der Waals surface area (Å²) >= 11 is 0. The summed E-state index contributed by atoms with van der Waals surface area (Å²) in [7, 11) is 1.69. The van der Waals surface area contributed by atoms with Crippen LogP contribution in [0.5, 0.6) is 5.75 Å². The first-order valence-corrected chi connectivity index (χ1v) is 12.4. The molecular weight excluding hydrogens is 414 g/mol. The van der Waals surface area contributed by atoms with Crippen LogP contribution in [0.3, 0.4) is 0 Å². The fraction of sp³-hybridized carbons (Fsp3) is 0.571. The third kappa shape index (κ3) is 4.57. The number of hydrogen-bond acceptors (Lipinski definition) is 5. The van der Waals surface area contributed by atoms with Gasteiger partial charge in [0.15, 0.2) is 5.79 Å². The molecular formula is C28H37NO4. The average molecular weight is 452 g/mol. The van der Waals surface area contributed by atoms with E-state index in [4.69, 9.17) is 18.9 Å². The lowest BCUT2D eigenvalue weighted by Gasteiger charge is -2.47. The van der Waals surface area contributed by atoms with Crippen LogP contribution in [0.15, 0.2) is 42.5 Å². The van der Waals surface area contributed by atoms with Crippen LogP contribution in [0.4, 0.5) is 0 Å². The summed E-state index contributed by atoms with van der Waals surface area (Å²) in [5.41, 5.74) is 5.63. The molecule has 0 amide bonds. The van der Waals surface area contributed by atoms with E-state index in [0.29, 0.717) is 12.5 Å². The van der Waals surface area contributed by atoms with Gasteiger partial charge < -0.3 is 18.9 Å². The molecule has 5 heteroatoms. The summed E-state index contributed by atoms with van der Waals surface area (Å²) < 4.78 is 23.4. The maximum Gasteiger partial charge on any atom is 0.168 e. The van der Waals surface area contributed by atoms with Crippen molar-refractivity contribution in [1.29, 1.82) is 0 Å². The van der Waals surface area contributed by atoms with Crippen molar-refractivity contribution in [2.75, 3.05) is 33.5 Å². The second-order valence-electron chi connectivity index (χ2n) is 10.1. The Balaban J connectivity index is 1.24. The SMILES string of the molecule is COc1ccc(COC[C@H](C)CN2Cc3cc(C)ccc3C23CCC2(CC3)OCCO2)cc1. The smallest absolute Gasteiger partial charge is 0.168 e. The van der Waals surface area contributed by atoms with Gasteiger partial charge in [-0.2, -0.15) is 0 Å². The summed E-state index contributed by atoms with van der Waals surface area (Å²) in [6.45, 7) is 9.41. The molecule has 1 saturated carbocycles. The largest absolute Gasteiger partial charge is 0.497 e. The highest BCUT2D eigenvalue weighted by atomic mass is 16.7. The maximum atomic E-state index is 6.11. The first-order valence-electron chi connectivity index (χ1n) is 12.4. The first kappa shape index (κ1) is 22.9. The minimum absolute atomic E-state index is 0.0911. The number of rotatable bonds is 7. The highest BCUT2D eigenvalue weighted by Crippen LogP contribution is 2.52. The van der Waals surface area contributed by atoms with Crippen molar-refractivity contribution in [2.45, 2.75) is 64.0 Å². The average Bonchev–Trinajstić information content (AvgIpc) is 3.39. The van der Waals surface area contributed by atoms with Crippen LogP contribution in [-0.4, -0.2) is 44.2 Å². The van der Waals surface area contributed by atoms with Gasteiger partial charge in [0.1, 0.15) is 5.75 Å². The van der Waals surface area contributed by atoms with E-state index in [1.54, 1.807) is 7.11 Å². The summed E-state index contributed by atoms with van der Waals surface area (Å²) in [4.78, 5) is 2.72. The van der Waals surface area contributed by atoms with Crippen LogP contribution in [0, 0.1) is 12.8 Å². The maximum absolute atomic E-state index is 6.11. The fourth-order valence-corrected chi connectivity index (χ4v) is 6.02. The van der Waals surface area contributed by atoms with Crippen LogP contribution in [0.1, 0.15) is 54.9 Å². The second kappa shape index (κ2) is 9.38. The zero-order chi connectivity index (χ0) is 22.9. The van der Waals surface area contributed by atoms with E-state index in [-0.39, 0.29) is 11.3 Å². The van der Waals surface area contributed by atoms with Crippen molar-refractivity contribution >= 4 is 0 Å². The number of hydrogen-bond donors (Lipinski definition) is 0. The van der Waals surface area contributed by atoms with E-state index >= 15 is 0 Å². The first-order chi connectivity index (χ1) is 16.0.